The third-order valence-electron chi connectivity index (χ3n) is 4.18. The third kappa shape index (κ3) is 3.43. The summed E-state index contributed by atoms with van der Waals surface area (Å²) in [7, 11) is 1.68. The van der Waals surface area contributed by atoms with Crippen LogP contribution in [-0.2, 0) is 27.4 Å². The van der Waals surface area contributed by atoms with E-state index in [2.05, 4.69) is 16.7 Å². The summed E-state index contributed by atoms with van der Waals surface area (Å²) in [5, 5.41) is 6.37. The van der Waals surface area contributed by atoms with Crippen LogP contribution in [0, 0.1) is 0 Å². The zero-order chi connectivity index (χ0) is 14.7. The van der Waals surface area contributed by atoms with Crippen molar-refractivity contribution in [2.45, 2.75) is 44.2 Å². The van der Waals surface area contributed by atoms with Gasteiger partial charge in [-0.2, -0.15) is 0 Å². The van der Waals surface area contributed by atoms with Gasteiger partial charge in [0.25, 0.3) is 0 Å². The molecule has 1 aromatic rings. The van der Waals surface area contributed by atoms with E-state index in [4.69, 9.17) is 9.47 Å². The SMILES string of the molecule is COCc1cccc(CNC(=O)[C@@H]2C[C@@H]3OCC[C@@H]3N2)c1. The molecule has 2 N–H and O–H groups in total. The van der Waals surface area contributed by atoms with Gasteiger partial charge >= 0.3 is 0 Å². The summed E-state index contributed by atoms with van der Waals surface area (Å²) < 4.78 is 10.7. The first-order valence-corrected chi connectivity index (χ1v) is 7.48. The minimum Gasteiger partial charge on any atom is -0.380 e. The summed E-state index contributed by atoms with van der Waals surface area (Å²) in [6.45, 7) is 1.94. The molecule has 0 spiro atoms. The zero-order valence-corrected chi connectivity index (χ0v) is 12.3. The number of hydrogen-bond donors (Lipinski definition) is 2. The predicted octanol–water partition coefficient (Wildman–Crippen LogP) is 0.969. The van der Waals surface area contributed by atoms with Crippen molar-refractivity contribution < 1.29 is 14.3 Å². The van der Waals surface area contributed by atoms with E-state index in [0.717, 1.165) is 30.6 Å². The van der Waals surface area contributed by atoms with Gasteiger partial charge < -0.3 is 20.1 Å². The van der Waals surface area contributed by atoms with Crippen molar-refractivity contribution in [1.29, 1.82) is 0 Å². The number of amides is 1. The van der Waals surface area contributed by atoms with Crippen LogP contribution in [0.2, 0.25) is 0 Å². The highest BCUT2D eigenvalue weighted by atomic mass is 16.5. The van der Waals surface area contributed by atoms with Crippen LogP contribution in [0.4, 0.5) is 0 Å². The Morgan fingerprint density at radius 1 is 1.48 bits per heavy atom. The number of nitrogens with one attached hydrogen (secondary N) is 2. The average molecular weight is 290 g/mol. The highest BCUT2D eigenvalue weighted by molar-refractivity contribution is 5.82. The summed E-state index contributed by atoms with van der Waals surface area (Å²) >= 11 is 0. The molecule has 2 saturated heterocycles. The molecule has 2 aliphatic rings. The first-order valence-electron chi connectivity index (χ1n) is 7.48. The van der Waals surface area contributed by atoms with Crippen molar-refractivity contribution in [3.05, 3.63) is 35.4 Å². The summed E-state index contributed by atoms with van der Waals surface area (Å²) in [5.74, 6) is 0.0603. The van der Waals surface area contributed by atoms with Crippen LogP contribution in [0.3, 0.4) is 0 Å². The van der Waals surface area contributed by atoms with Gasteiger partial charge in [0.1, 0.15) is 0 Å². The smallest absolute Gasteiger partial charge is 0.237 e. The van der Waals surface area contributed by atoms with Gasteiger partial charge in [0.05, 0.1) is 18.8 Å². The van der Waals surface area contributed by atoms with E-state index >= 15 is 0 Å². The maximum atomic E-state index is 12.2. The summed E-state index contributed by atoms with van der Waals surface area (Å²) in [5.41, 5.74) is 2.21. The lowest BCUT2D eigenvalue weighted by Crippen LogP contribution is -2.42. The number of benzene rings is 1. The number of ether oxygens (including phenoxy) is 2. The molecule has 5 nitrogen and oxygen atoms in total. The van der Waals surface area contributed by atoms with Crippen LogP contribution < -0.4 is 10.6 Å². The highest BCUT2D eigenvalue weighted by Gasteiger charge is 2.40. The van der Waals surface area contributed by atoms with Gasteiger partial charge in [-0.15, -0.1) is 0 Å². The van der Waals surface area contributed by atoms with Gasteiger partial charge in [-0.1, -0.05) is 24.3 Å². The quantitative estimate of drug-likeness (QED) is 0.848. The fraction of sp³-hybridized carbons (Fsp3) is 0.562. The number of fused-ring (bicyclic) bond motifs is 1. The Bertz CT molecular complexity index is 494. The highest BCUT2D eigenvalue weighted by Crippen LogP contribution is 2.25. The lowest BCUT2D eigenvalue weighted by molar-refractivity contribution is -0.123. The van der Waals surface area contributed by atoms with Crippen molar-refractivity contribution in [3.8, 4) is 0 Å². The number of methoxy groups -OCH3 is 1. The van der Waals surface area contributed by atoms with Crippen LogP contribution in [0.1, 0.15) is 24.0 Å². The minimum absolute atomic E-state index is 0.0603. The predicted molar refractivity (Wildman–Crippen MR) is 78.7 cm³/mol. The molecule has 0 aromatic heterocycles. The fourth-order valence-corrected chi connectivity index (χ4v) is 3.12. The first kappa shape index (κ1) is 14.5. The van der Waals surface area contributed by atoms with E-state index < -0.39 is 0 Å². The number of carbonyl (C=O) groups is 1. The molecule has 2 heterocycles. The van der Waals surface area contributed by atoms with Crippen LogP contribution in [0.5, 0.6) is 0 Å². The van der Waals surface area contributed by atoms with E-state index in [1.54, 1.807) is 7.11 Å². The van der Waals surface area contributed by atoms with E-state index in [1.165, 1.54) is 0 Å². The molecule has 21 heavy (non-hydrogen) atoms. The summed E-state index contributed by atoms with van der Waals surface area (Å²) in [6.07, 6.45) is 2.00. The Labute approximate surface area is 125 Å². The van der Waals surface area contributed by atoms with Crippen molar-refractivity contribution in [1.82, 2.24) is 10.6 Å². The second kappa shape index (κ2) is 6.56. The number of carbonyl (C=O) groups excluding carboxylic acids is 1. The number of rotatable bonds is 5. The molecular weight excluding hydrogens is 268 g/mol. The number of hydrogen-bond acceptors (Lipinski definition) is 4. The fourth-order valence-electron chi connectivity index (χ4n) is 3.12. The Balaban J connectivity index is 1.50. The van der Waals surface area contributed by atoms with Gasteiger partial charge in [-0.3, -0.25) is 4.79 Å². The molecule has 0 aliphatic carbocycles. The molecule has 0 unspecified atom stereocenters. The maximum Gasteiger partial charge on any atom is 0.237 e. The molecule has 0 bridgehead atoms. The van der Waals surface area contributed by atoms with E-state index in [9.17, 15) is 4.79 Å². The Morgan fingerprint density at radius 3 is 3.14 bits per heavy atom. The van der Waals surface area contributed by atoms with Crippen LogP contribution >= 0.6 is 0 Å². The standard InChI is InChI=1S/C16H22N2O3/c1-20-10-12-4-2-3-11(7-12)9-17-16(19)14-8-15-13(18-14)5-6-21-15/h2-4,7,13-15,18H,5-6,8-10H2,1H3,(H,17,19)/t13-,14-,15-/m0/s1. The summed E-state index contributed by atoms with van der Waals surface area (Å²) in [6, 6.07) is 8.31. The van der Waals surface area contributed by atoms with E-state index in [-0.39, 0.29) is 18.1 Å². The van der Waals surface area contributed by atoms with Crippen molar-refractivity contribution >= 4 is 5.91 Å². The van der Waals surface area contributed by atoms with Gasteiger partial charge in [0, 0.05) is 26.3 Å². The Hall–Kier alpha value is -1.43. The van der Waals surface area contributed by atoms with E-state index in [0.29, 0.717) is 19.2 Å². The molecule has 5 heteroatoms. The molecule has 3 atom stereocenters. The van der Waals surface area contributed by atoms with Crippen molar-refractivity contribution in [2.24, 2.45) is 0 Å². The Kier molecular flexibility index (Phi) is 4.53. The largest absolute Gasteiger partial charge is 0.380 e. The van der Waals surface area contributed by atoms with Gasteiger partial charge in [0.15, 0.2) is 0 Å². The lowest BCUT2D eigenvalue weighted by Gasteiger charge is -2.13. The zero-order valence-electron chi connectivity index (χ0n) is 12.3. The minimum atomic E-state index is -0.123. The lowest BCUT2D eigenvalue weighted by atomic mass is 10.1. The van der Waals surface area contributed by atoms with Crippen LogP contribution in [0.25, 0.3) is 0 Å². The van der Waals surface area contributed by atoms with Crippen LogP contribution in [-0.4, -0.2) is 37.8 Å². The molecule has 114 valence electrons. The van der Waals surface area contributed by atoms with Gasteiger partial charge in [0.2, 0.25) is 5.91 Å². The molecular formula is C16H22N2O3. The van der Waals surface area contributed by atoms with Gasteiger partial charge in [-0.25, -0.2) is 0 Å². The second-order valence-electron chi connectivity index (χ2n) is 5.73. The molecule has 1 amide bonds. The second-order valence-corrected chi connectivity index (χ2v) is 5.73. The van der Waals surface area contributed by atoms with E-state index in [1.807, 2.05) is 18.2 Å². The first-order chi connectivity index (χ1) is 10.3. The molecule has 3 rings (SSSR count). The molecule has 2 aliphatic heterocycles. The topological polar surface area (TPSA) is 59.6 Å². The van der Waals surface area contributed by atoms with Crippen molar-refractivity contribution in [2.75, 3.05) is 13.7 Å². The average Bonchev–Trinajstić information content (AvgIpc) is 3.07. The maximum absolute atomic E-state index is 12.2. The molecule has 0 saturated carbocycles. The third-order valence-corrected chi connectivity index (χ3v) is 4.18. The van der Waals surface area contributed by atoms with Crippen molar-refractivity contribution in [3.63, 3.8) is 0 Å². The van der Waals surface area contributed by atoms with Crippen LogP contribution in [0.15, 0.2) is 24.3 Å². The monoisotopic (exact) mass is 290 g/mol. The van der Waals surface area contributed by atoms with Gasteiger partial charge in [-0.05, 0) is 24.0 Å². The normalized spacial score (nSPS) is 27.6. The molecule has 2 fully saturated rings. The molecule has 1 aromatic carbocycles. The Morgan fingerprint density at radius 2 is 2.33 bits per heavy atom. The molecule has 0 radical (unpaired) electrons. The summed E-state index contributed by atoms with van der Waals surface area (Å²) in [4.78, 5) is 12.2.